The van der Waals surface area contributed by atoms with Crippen LogP contribution in [0.2, 0.25) is 0 Å². The van der Waals surface area contributed by atoms with E-state index in [9.17, 15) is 0 Å². The van der Waals surface area contributed by atoms with Crippen molar-refractivity contribution in [2.24, 2.45) is 0 Å². The van der Waals surface area contributed by atoms with Gasteiger partial charge in [0.25, 0.3) is 0 Å². The van der Waals surface area contributed by atoms with Crippen LogP contribution in [0.5, 0.6) is 11.5 Å². The Morgan fingerprint density at radius 2 is 1.93 bits per heavy atom. The van der Waals surface area contributed by atoms with E-state index in [1.54, 1.807) is 7.11 Å². The van der Waals surface area contributed by atoms with Crippen LogP contribution < -0.4 is 14.4 Å². The average Bonchev–Trinajstić information content (AvgIpc) is 3.24. The summed E-state index contributed by atoms with van der Waals surface area (Å²) in [7, 11) is 1.70. The fourth-order valence-electron chi connectivity index (χ4n) is 3.82. The number of aryl methyl sites for hydroxylation is 1. The number of hydrogen-bond donors (Lipinski definition) is 0. The molecule has 1 aliphatic rings. The summed E-state index contributed by atoms with van der Waals surface area (Å²) in [6.07, 6.45) is 7.97. The Labute approximate surface area is 175 Å². The SMILES string of the molecule is COc1ccc2c(c1)N(Cc1ccn3ccnc3c1)CC=C2Oc1ccccc1C. The number of imidazole rings is 1. The van der Waals surface area contributed by atoms with Gasteiger partial charge in [-0.3, -0.25) is 0 Å². The first kappa shape index (κ1) is 18.3. The summed E-state index contributed by atoms with van der Waals surface area (Å²) in [5.74, 6) is 2.59. The van der Waals surface area contributed by atoms with E-state index >= 15 is 0 Å². The zero-order chi connectivity index (χ0) is 20.5. The minimum Gasteiger partial charge on any atom is -0.497 e. The molecule has 5 rings (SSSR count). The first-order valence-corrected chi connectivity index (χ1v) is 10.00. The van der Waals surface area contributed by atoms with Crippen LogP contribution in [0.25, 0.3) is 11.4 Å². The number of methoxy groups -OCH3 is 1. The molecule has 0 radical (unpaired) electrons. The van der Waals surface area contributed by atoms with Gasteiger partial charge in [0.05, 0.1) is 12.8 Å². The molecule has 0 amide bonds. The standard InChI is InChI=1S/C25H23N3O2/c1-18-5-3-4-6-23(18)30-24-10-13-28(22-16-20(29-2)7-8-21(22)24)17-19-9-12-27-14-11-26-25(27)15-19/h3-12,14-16H,13,17H2,1-2H3. The number of benzene rings is 2. The van der Waals surface area contributed by atoms with Crippen molar-refractivity contribution in [3.05, 3.63) is 96.0 Å². The number of para-hydroxylation sites is 1. The van der Waals surface area contributed by atoms with Gasteiger partial charge in [0.2, 0.25) is 0 Å². The minimum atomic E-state index is 0.751. The van der Waals surface area contributed by atoms with E-state index in [0.717, 1.165) is 52.8 Å². The van der Waals surface area contributed by atoms with Gasteiger partial charge >= 0.3 is 0 Å². The molecule has 4 aromatic rings. The topological polar surface area (TPSA) is 39.0 Å². The maximum Gasteiger partial charge on any atom is 0.136 e. The highest BCUT2D eigenvalue weighted by atomic mass is 16.5. The van der Waals surface area contributed by atoms with Crippen LogP contribution >= 0.6 is 0 Å². The highest BCUT2D eigenvalue weighted by Gasteiger charge is 2.22. The fourth-order valence-corrected chi connectivity index (χ4v) is 3.82. The van der Waals surface area contributed by atoms with Gasteiger partial charge in [0.15, 0.2) is 0 Å². The smallest absolute Gasteiger partial charge is 0.136 e. The summed E-state index contributed by atoms with van der Waals surface area (Å²) in [5, 5.41) is 0. The predicted octanol–water partition coefficient (Wildman–Crippen LogP) is 5.09. The molecule has 3 heterocycles. The second-order valence-corrected chi connectivity index (χ2v) is 7.43. The lowest BCUT2D eigenvalue weighted by atomic mass is 10.0. The molecule has 0 saturated heterocycles. The van der Waals surface area contributed by atoms with Crippen LogP contribution in [0.15, 0.2) is 79.3 Å². The number of aromatic nitrogens is 2. The number of anilines is 1. The molecular formula is C25H23N3O2. The Bertz CT molecular complexity index is 1240. The lowest BCUT2D eigenvalue weighted by Crippen LogP contribution is -2.27. The predicted molar refractivity (Wildman–Crippen MR) is 119 cm³/mol. The molecule has 0 saturated carbocycles. The Kier molecular flexibility index (Phi) is 4.64. The molecule has 2 aromatic heterocycles. The van der Waals surface area contributed by atoms with Gasteiger partial charge in [-0.2, -0.15) is 0 Å². The first-order chi connectivity index (χ1) is 14.7. The second-order valence-electron chi connectivity index (χ2n) is 7.43. The van der Waals surface area contributed by atoms with E-state index in [1.165, 1.54) is 5.56 Å². The lowest BCUT2D eigenvalue weighted by Gasteiger charge is -2.31. The van der Waals surface area contributed by atoms with Crippen molar-refractivity contribution in [1.29, 1.82) is 0 Å². The molecule has 0 spiro atoms. The third-order valence-corrected chi connectivity index (χ3v) is 5.46. The van der Waals surface area contributed by atoms with Crippen LogP contribution in [0.3, 0.4) is 0 Å². The molecule has 5 heteroatoms. The van der Waals surface area contributed by atoms with Gasteiger partial charge in [0.1, 0.15) is 22.9 Å². The molecule has 30 heavy (non-hydrogen) atoms. The van der Waals surface area contributed by atoms with Crippen LogP contribution in [0.1, 0.15) is 16.7 Å². The summed E-state index contributed by atoms with van der Waals surface area (Å²) in [5.41, 5.74) is 5.44. The Morgan fingerprint density at radius 3 is 2.80 bits per heavy atom. The highest BCUT2D eigenvalue weighted by Crippen LogP contribution is 2.37. The summed E-state index contributed by atoms with van der Waals surface area (Å²) in [6, 6.07) is 18.5. The molecule has 0 N–H and O–H groups in total. The number of pyridine rings is 1. The zero-order valence-electron chi connectivity index (χ0n) is 17.1. The molecule has 0 bridgehead atoms. The van der Waals surface area contributed by atoms with Crippen molar-refractivity contribution in [2.75, 3.05) is 18.6 Å². The summed E-state index contributed by atoms with van der Waals surface area (Å²) in [4.78, 5) is 6.73. The van der Waals surface area contributed by atoms with E-state index in [0.29, 0.717) is 0 Å². The van der Waals surface area contributed by atoms with Gasteiger partial charge in [-0.25, -0.2) is 4.98 Å². The molecule has 0 atom stereocenters. The number of ether oxygens (including phenoxy) is 2. The van der Waals surface area contributed by atoms with Gasteiger partial charge in [-0.05, 0) is 54.5 Å². The molecule has 0 aliphatic carbocycles. The first-order valence-electron chi connectivity index (χ1n) is 10.00. The largest absolute Gasteiger partial charge is 0.497 e. The molecule has 150 valence electrons. The second kappa shape index (κ2) is 7.59. The molecule has 0 unspecified atom stereocenters. The van der Waals surface area contributed by atoms with Crippen molar-refractivity contribution in [2.45, 2.75) is 13.5 Å². The fraction of sp³-hybridized carbons (Fsp3) is 0.160. The monoisotopic (exact) mass is 397 g/mol. The van der Waals surface area contributed by atoms with Gasteiger partial charge in [0, 0.05) is 43.3 Å². The number of fused-ring (bicyclic) bond motifs is 2. The van der Waals surface area contributed by atoms with Crippen molar-refractivity contribution < 1.29 is 9.47 Å². The van der Waals surface area contributed by atoms with Gasteiger partial charge < -0.3 is 18.8 Å². The molecular weight excluding hydrogens is 374 g/mol. The Morgan fingerprint density at radius 1 is 1.03 bits per heavy atom. The zero-order valence-corrected chi connectivity index (χ0v) is 17.1. The maximum atomic E-state index is 6.31. The van der Waals surface area contributed by atoms with E-state index in [1.807, 2.05) is 41.1 Å². The average molecular weight is 397 g/mol. The minimum absolute atomic E-state index is 0.751. The van der Waals surface area contributed by atoms with Crippen molar-refractivity contribution >= 4 is 17.1 Å². The van der Waals surface area contributed by atoms with Crippen LogP contribution in [-0.4, -0.2) is 23.0 Å². The molecule has 5 nitrogen and oxygen atoms in total. The molecule has 0 fully saturated rings. The molecule has 2 aromatic carbocycles. The van der Waals surface area contributed by atoms with Gasteiger partial charge in [-0.15, -0.1) is 0 Å². The van der Waals surface area contributed by atoms with E-state index in [4.69, 9.17) is 9.47 Å². The quantitative estimate of drug-likeness (QED) is 0.470. The van der Waals surface area contributed by atoms with Crippen molar-refractivity contribution in [1.82, 2.24) is 9.38 Å². The number of nitrogens with zero attached hydrogens (tertiary/aromatic N) is 3. The Balaban J connectivity index is 1.48. The lowest BCUT2D eigenvalue weighted by molar-refractivity contribution is 0.414. The normalized spacial score (nSPS) is 13.1. The van der Waals surface area contributed by atoms with Crippen molar-refractivity contribution in [3.8, 4) is 11.5 Å². The third kappa shape index (κ3) is 3.39. The summed E-state index contributed by atoms with van der Waals surface area (Å²) < 4.78 is 13.8. The number of rotatable bonds is 5. The number of hydrogen-bond acceptors (Lipinski definition) is 4. The molecule has 1 aliphatic heterocycles. The maximum absolute atomic E-state index is 6.31. The van der Waals surface area contributed by atoms with Crippen molar-refractivity contribution in [3.63, 3.8) is 0 Å². The van der Waals surface area contributed by atoms with E-state index in [-0.39, 0.29) is 0 Å². The van der Waals surface area contributed by atoms with E-state index in [2.05, 4.69) is 59.4 Å². The van der Waals surface area contributed by atoms with E-state index < -0.39 is 0 Å². The van der Waals surface area contributed by atoms with Crippen LogP contribution in [0, 0.1) is 6.92 Å². The van der Waals surface area contributed by atoms with Gasteiger partial charge in [-0.1, -0.05) is 18.2 Å². The van der Waals surface area contributed by atoms with Crippen LogP contribution in [-0.2, 0) is 6.54 Å². The van der Waals surface area contributed by atoms with Crippen LogP contribution in [0.4, 0.5) is 5.69 Å². The highest BCUT2D eigenvalue weighted by molar-refractivity contribution is 5.79. The summed E-state index contributed by atoms with van der Waals surface area (Å²) in [6.45, 7) is 3.59. The third-order valence-electron chi connectivity index (χ3n) is 5.46. The summed E-state index contributed by atoms with van der Waals surface area (Å²) >= 11 is 0. The Hall–Kier alpha value is -3.73.